The Kier molecular flexibility index (Phi) is 3.23. The van der Waals surface area contributed by atoms with Gasteiger partial charge in [0.05, 0.1) is 0 Å². The summed E-state index contributed by atoms with van der Waals surface area (Å²) in [6, 6.07) is 8.50. The van der Waals surface area contributed by atoms with Crippen molar-refractivity contribution in [2.45, 2.75) is 6.42 Å². The summed E-state index contributed by atoms with van der Waals surface area (Å²) in [5, 5.41) is 4.36. The Hall–Kier alpha value is -0.780. The summed E-state index contributed by atoms with van der Waals surface area (Å²) in [4.78, 5) is 0. The first-order chi connectivity index (χ1) is 6.90. The SMILES string of the molecule is BrCCC#Cc1ccc2ccsc2c1. The fraction of sp³-hybridized carbons (Fsp3) is 0.167. The van der Waals surface area contributed by atoms with Crippen LogP contribution in [0.1, 0.15) is 12.0 Å². The molecule has 70 valence electrons. The monoisotopic (exact) mass is 264 g/mol. The molecule has 0 nitrogen and oxygen atoms in total. The zero-order chi connectivity index (χ0) is 9.80. The predicted molar refractivity (Wildman–Crippen MR) is 67.1 cm³/mol. The van der Waals surface area contributed by atoms with Gasteiger partial charge in [0.25, 0.3) is 0 Å². The molecule has 0 aliphatic carbocycles. The van der Waals surface area contributed by atoms with Crippen molar-refractivity contribution in [3.05, 3.63) is 35.2 Å². The van der Waals surface area contributed by atoms with Crippen molar-refractivity contribution < 1.29 is 0 Å². The Balaban J connectivity index is 2.31. The Bertz CT molecular complexity index is 487. The molecule has 0 fully saturated rings. The lowest BCUT2D eigenvalue weighted by molar-refractivity contribution is 1.32. The standard InChI is InChI=1S/C12H9BrS/c13-7-2-1-3-10-4-5-11-6-8-14-12(11)9-10/h4-6,8-9H,2,7H2. The molecule has 0 saturated heterocycles. The number of fused-ring (bicyclic) bond motifs is 1. The van der Waals surface area contributed by atoms with Gasteiger partial charge in [-0.05, 0) is 29.0 Å². The van der Waals surface area contributed by atoms with Crippen LogP contribution in [0.25, 0.3) is 10.1 Å². The molecular formula is C12H9BrS. The maximum absolute atomic E-state index is 3.36. The number of halogens is 1. The molecule has 0 aliphatic rings. The summed E-state index contributed by atoms with van der Waals surface area (Å²) >= 11 is 5.12. The van der Waals surface area contributed by atoms with E-state index in [0.29, 0.717) is 0 Å². The molecular weight excluding hydrogens is 256 g/mol. The van der Waals surface area contributed by atoms with Crippen LogP contribution in [-0.2, 0) is 0 Å². The topological polar surface area (TPSA) is 0 Å². The van der Waals surface area contributed by atoms with Crippen LogP contribution < -0.4 is 0 Å². The molecule has 0 unspecified atom stereocenters. The maximum Gasteiger partial charge on any atom is 0.0355 e. The smallest absolute Gasteiger partial charge is 0.0355 e. The lowest BCUT2D eigenvalue weighted by atomic mass is 10.2. The quantitative estimate of drug-likeness (QED) is 0.539. The number of hydrogen-bond acceptors (Lipinski definition) is 1. The van der Waals surface area contributed by atoms with Crippen LogP contribution in [0.4, 0.5) is 0 Å². The van der Waals surface area contributed by atoms with Crippen molar-refractivity contribution in [2.75, 3.05) is 5.33 Å². The predicted octanol–water partition coefficient (Wildman–Crippen LogP) is 4.04. The van der Waals surface area contributed by atoms with Crippen molar-refractivity contribution in [3.63, 3.8) is 0 Å². The molecule has 0 aliphatic heterocycles. The molecule has 2 heteroatoms. The first kappa shape index (κ1) is 9.76. The third-order valence-corrected chi connectivity index (χ3v) is 3.18. The van der Waals surface area contributed by atoms with Gasteiger partial charge in [-0.3, -0.25) is 0 Å². The molecule has 1 aromatic carbocycles. The van der Waals surface area contributed by atoms with E-state index in [-0.39, 0.29) is 0 Å². The van der Waals surface area contributed by atoms with Gasteiger partial charge < -0.3 is 0 Å². The Morgan fingerprint density at radius 3 is 3.07 bits per heavy atom. The normalized spacial score (nSPS) is 9.79. The molecule has 0 saturated carbocycles. The average molecular weight is 265 g/mol. The summed E-state index contributed by atoms with van der Waals surface area (Å²) in [6.45, 7) is 0. The number of hydrogen-bond donors (Lipinski definition) is 0. The van der Waals surface area contributed by atoms with Crippen LogP contribution in [-0.4, -0.2) is 5.33 Å². The van der Waals surface area contributed by atoms with E-state index in [4.69, 9.17) is 0 Å². The fourth-order valence-electron chi connectivity index (χ4n) is 1.24. The third-order valence-electron chi connectivity index (χ3n) is 1.91. The lowest BCUT2D eigenvalue weighted by Gasteiger charge is -1.90. The summed E-state index contributed by atoms with van der Waals surface area (Å²) in [5.41, 5.74) is 1.11. The van der Waals surface area contributed by atoms with Crippen molar-refractivity contribution in [2.24, 2.45) is 0 Å². The maximum atomic E-state index is 3.36. The van der Waals surface area contributed by atoms with Crippen LogP contribution >= 0.6 is 27.3 Å². The van der Waals surface area contributed by atoms with E-state index in [1.165, 1.54) is 10.1 Å². The van der Waals surface area contributed by atoms with E-state index in [1.54, 1.807) is 11.3 Å². The van der Waals surface area contributed by atoms with Gasteiger partial charge in [0, 0.05) is 22.0 Å². The van der Waals surface area contributed by atoms with Gasteiger partial charge in [-0.25, -0.2) is 0 Å². The Morgan fingerprint density at radius 1 is 1.29 bits per heavy atom. The minimum absolute atomic E-state index is 0.905. The summed E-state index contributed by atoms with van der Waals surface area (Å²) in [5.74, 6) is 6.27. The first-order valence-electron chi connectivity index (χ1n) is 4.42. The molecule has 0 amide bonds. The second-order valence-corrected chi connectivity index (χ2v) is 4.65. The molecule has 0 bridgehead atoms. The van der Waals surface area contributed by atoms with E-state index in [9.17, 15) is 0 Å². The summed E-state index contributed by atoms with van der Waals surface area (Å²) in [6.07, 6.45) is 0.905. The highest BCUT2D eigenvalue weighted by Gasteiger charge is 1.94. The van der Waals surface area contributed by atoms with Crippen molar-refractivity contribution in [1.82, 2.24) is 0 Å². The Labute approximate surface area is 96.1 Å². The van der Waals surface area contributed by atoms with Gasteiger partial charge >= 0.3 is 0 Å². The van der Waals surface area contributed by atoms with Gasteiger partial charge in [0.2, 0.25) is 0 Å². The molecule has 0 radical (unpaired) electrons. The van der Waals surface area contributed by atoms with E-state index in [0.717, 1.165) is 17.3 Å². The zero-order valence-electron chi connectivity index (χ0n) is 7.59. The second-order valence-electron chi connectivity index (χ2n) is 2.91. The molecule has 1 aromatic heterocycles. The molecule has 0 spiro atoms. The van der Waals surface area contributed by atoms with Crippen LogP contribution in [0, 0.1) is 11.8 Å². The number of rotatable bonds is 1. The summed E-state index contributed by atoms with van der Waals surface area (Å²) in [7, 11) is 0. The highest BCUT2D eigenvalue weighted by Crippen LogP contribution is 2.21. The number of benzene rings is 1. The number of alkyl halides is 1. The average Bonchev–Trinajstić information content (AvgIpc) is 2.65. The van der Waals surface area contributed by atoms with E-state index in [2.05, 4.69) is 57.4 Å². The molecule has 2 rings (SSSR count). The van der Waals surface area contributed by atoms with Gasteiger partial charge in [-0.15, -0.1) is 11.3 Å². The van der Waals surface area contributed by atoms with Crippen LogP contribution in [0.3, 0.4) is 0 Å². The van der Waals surface area contributed by atoms with Gasteiger partial charge in [-0.1, -0.05) is 33.8 Å². The van der Waals surface area contributed by atoms with Crippen molar-refractivity contribution in [1.29, 1.82) is 0 Å². The Morgan fingerprint density at radius 2 is 2.21 bits per heavy atom. The zero-order valence-corrected chi connectivity index (χ0v) is 9.99. The molecule has 14 heavy (non-hydrogen) atoms. The van der Waals surface area contributed by atoms with E-state index < -0.39 is 0 Å². The highest BCUT2D eigenvalue weighted by molar-refractivity contribution is 9.09. The summed E-state index contributed by atoms with van der Waals surface area (Å²) < 4.78 is 1.32. The third kappa shape index (κ3) is 2.17. The second kappa shape index (κ2) is 4.63. The first-order valence-corrected chi connectivity index (χ1v) is 6.42. The fourth-order valence-corrected chi connectivity index (χ4v) is 2.27. The van der Waals surface area contributed by atoms with Gasteiger partial charge in [0.15, 0.2) is 0 Å². The van der Waals surface area contributed by atoms with Crippen LogP contribution in [0.2, 0.25) is 0 Å². The van der Waals surface area contributed by atoms with Gasteiger partial charge in [0.1, 0.15) is 0 Å². The van der Waals surface area contributed by atoms with E-state index >= 15 is 0 Å². The van der Waals surface area contributed by atoms with Gasteiger partial charge in [-0.2, -0.15) is 0 Å². The van der Waals surface area contributed by atoms with Crippen molar-refractivity contribution in [3.8, 4) is 11.8 Å². The largest absolute Gasteiger partial charge is 0.144 e. The van der Waals surface area contributed by atoms with E-state index in [1.807, 2.05) is 0 Å². The molecule has 2 aromatic rings. The number of thiophene rings is 1. The van der Waals surface area contributed by atoms with Crippen molar-refractivity contribution >= 4 is 37.4 Å². The molecule has 1 heterocycles. The molecule has 0 atom stereocenters. The minimum atomic E-state index is 0.905. The highest BCUT2D eigenvalue weighted by atomic mass is 79.9. The molecule has 0 N–H and O–H groups in total. The lowest BCUT2D eigenvalue weighted by Crippen LogP contribution is -1.73. The van der Waals surface area contributed by atoms with Crippen LogP contribution in [0.5, 0.6) is 0 Å². The minimum Gasteiger partial charge on any atom is -0.144 e. The van der Waals surface area contributed by atoms with Crippen LogP contribution in [0.15, 0.2) is 29.6 Å².